The van der Waals surface area contributed by atoms with E-state index in [0.29, 0.717) is 31.7 Å². The minimum absolute atomic E-state index is 0.143. The fourth-order valence-corrected chi connectivity index (χ4v) is 4.31. The van der Waals surface area contributed by atoms with E-state index in [1.165, 1.54) is 30.2 Å². The van der Waals surface area contributed by atoms with E-state index in [1.54, 1.807) is 49.6 Å². The van der Waals surface area contributed by atoms with Crippen molar-refractivity contribution in [3.63, 3.8) is 0 Å². The highest BCUT2D eigenvalue weighted by Gasteiger charge is 2.13. The summed E-state index contributed by atoms with van der Waals surface area (Å²) in [5.74, 6) is 0.871. The summed E-state index contributed by atoms with van der Waals surface area (Å²) in [6.45, 7) is 0. The van der Waals surface area contributed by atoms with E-state index in [9.17, 15) is 9.59 Å². The van der Waals surface area contributed by atoms with E-state index in [1.807, 2.05) is 0 Å². The molecule has 31 heavy (non-hydrogen) atoms. The van der Waals surface area contributed by atoms with Crippen LogP contribution in [0.1, 0.15) is 5.56 Å². The van der Waals surface area contributed by atoms with Crippen LogP contribution in [-0.4, -0.2) is 42.0 Å². The molecule has 0 radical (unpaired) electrons. The van der Waals surface area contributed by atoms with Gasteiger partial charge in [-0.2, -0.15) is 0 Å². The van der Waals surface area contributed by atoms with Gasteiger partial charge in [0.2, 0.25) is 16.9 Å². The molecule has 0 bridgehead atoms. The lowest BCUT2D eigenvalue weighted by Crippen LogP contribution is -2.14. The maximum Gasteiger partial charge on any atom is 0.234 e. The van der Waals surface area contributed by atoms with E-state index in [4.69, 9.17) is 21.1 Å². The third-order valence-corrected chi connectivity index (χ3v) is 6.11. The van der Waals surface area contributed by atoms with Gasteiger partial charge in [-0.15, -0.1) is 10.2 Å². The van der Waals surface area contributed by atoms with Crippen molar-refractivity contribution in [2.24, 2.45) is 0 Å². The molecule has 3 aromatic rings. The molecule has 0 fully saturated rings. The number of hydrogen-bond acceptors (Lipinski definition) is 8. The number of thioether (sulfide) groups is 1. The Bertz CT molecular complexity index is 1080. The Morgan fingerprint density at radius 2 is 1.84 bits per heavy atom. The molecule has 2 amide bonds. The Labute approximate surface area is 192 Å². The third kappa shape index (κ3) is 6.84. The van der Waals surface area contributed by atoms with Crippen LogP contribution in [0.4, 0.5) is 10.8 Å². The summed E-state index contributed by atoms with van der Waals surface area (Å²) in [5, 5.41) is 14.3. The molecule has 8 nitrogen and oxygen atoms in total. The zero-order valence-corrected chi connectivity index (χ0v) is 19.1. The molecule has 1 heterocycles. The lowest BCUT2D eigenvalue weighted by Gasteiger charge is -2.09. The normalized spacial score (nSPS) is 10.4. The number of nitrogens with one attached hydrogen (secondary N) is 2. The molecule has 0 aliphatic carbocycles. The highest BCUT2D eigenvalue weighted by atomic mass is 35.5. The largest absolute Gasteiger partial charge is 0.493 e. The molecule has 0 unspecified atom stereocenters. The van der Waals surface area contributed by atoms with Gasteiger partial charge in [0.05, 0.1) is 26.4 Å². The Balaban J connectivity index is 1.49. The highest BCUT2D eigenvalue weighted by molar-refractivity contribution is 8.01. The minimum atomic E-state index is -0.237. The molecule has 0 spiro atoms. The molecule has 2 aromatic carbocycles. The smallest absolute Gasteiger partial charge is 0.234 e. The number of carbonyl (C=O) groups is 2. The van der Waals surface area contributed by atoms with Crippen LogP contribution in [0.25, 0.3) is 0 Å². The molecule has 0 aliphatic heterocycles. The van der Waals surface area contributed by atoms with Gasteiger partial charge in [-0.25, -0.2) is 0 Å². The first-order chi connectivity index (χ1) is 15.0. The lowest BCUT2D eigenvalue weighted by molar-refractivity contribution is -0.115. The van der Waals surface area contributed by atoms with Gasteiger partial charge in [-0.3, -0.25) is 9.59 Å². The van der Waals surface area contributed by atoms with Gasteiger partial charge in [0.15, 0.2) is 15.8 Å². The SMILES string of the molecule is COc1ccc(CC(=O)Nc2nnc(SCC(=O)Nc3cccc(Cl)c3)s2)cc1OC. The van der Waals surface area contributed by atoms with Crippen LogP contribution >= 0.6 is 34.7 Å². The number of methoxy groups -OCH3 is 2. The van der Waals surface area contributed by atoms with Crippen LogP contribution in [0.2, 0.25) is 5.02 Å². The van der Waals surface area contributed by atoms with E-state index < -0.39 is 0 Å². The maximum atomic E-state index is 12.3. The summed E-state index contributed by atoms with van der Waals surface area (Å²) < 4.78 is 11.0. The number of aromatic nitrogens is 2. The molecule has 2 N–H and O–H groups in total. The van der Waals surface area contributed by atoms with Crippen LogP contribution in [0.3, 0.4) is 0 Å². The average Bonchev–Trinajstić information content (AvgIpc) is 3.19. The zero-order chi connectivity index (χ0) is 22.2. The number of nitrogens with zero attached hydrogens (tertiary/aromatic N) is 2. The van der Waals surface area contributed by atoms with Crippen LogP contribution in [0.5, 0.6) is 11.5 Å². The second-order valence-electron chi connectivity index (χ2n) is 6.13. The Kier molecular flexibility index (Phi) is 8.10. The van der Waals surface area contributed by atoms with Crippen molar-refractivity contribution in [2.75, 3.05) is 30.6 Å². The van der Waals surface area contributed by atoms with E-state index in [0.717, 1.165) is 5.56 Å². The molecule has 0 atom stereocenters. The average molecular weight is 479 g/mol. The Morgan fingerprint density at radius 1 is 1.03 bits per heavy atom. The van der Waals surface area contributed by atoms with Gasteiger partial charge in [-0.1, -0.05) is 46.8 Å². The molecule has 0 saturated carbocycles. The summed E-state index contributed by atoms with van der Waals surface area (Å²) in [6, 6.07) is 12.2. The van der Waals surface area contributed by atoms with Crippen LogP contribution < -0.4 is 20.1 Å². The predicted octanol–water partition coefficient (Wildman–Crippen LogP) is 4.12. The Hall–Kier alpha value is -2.82. The van der Waals surface area contributed by atoms with Gasteiger partial charge < -0.3 is 20.1 Å². The monoisotopic (exact) mass is 478 g/mol. The van der Waals surface area contributed by atoms with Crippen LogP contribution in [0.15, 0.2) is 46.8 Å². The first kappa shape index (κ1) is 22.9. The number of amides is 2. The van der Waals surface area contributed by atoms with Gasteiger partial charge in [0.25, 0.3) is 0 Å². The first-order valence-electron chi connectivity index (χ1n) is 8.99. The Morgan fingerprint density at radius 3 is 2.58 bits per heavy atom. The number of halogens is 1. The molecular weight excluding hydrogens is 460 g/mol. The van der Waals surface area contributed by atoms with E-state index in [-0.39, 0.29) is 24.0 Å². The van der Waals surface area contributed by atoms with Crippen molar-refractivity contribution < 1.29 is 19.1 Å². The van der Waals surface area contributed by atoms with E-state index in [2.05, 4.69) is 20.8 Å². The third-order valence-electron chi connectivity index (χ3n) is 3.90. The summed E-state index contributed by atoms with van der Waals surface area (Å²) in [6.07, 6.45) is 0.143. The quantitative estimate of drug-likeness (QED) is 0.352. The second kappa shape index (κ2) is 11.0. The second-order valence-corrected chi connectivity index (χ2v) is 8.77. The number of benzene rings is 2. The van der Waals surface area contributed by atoms with Crippen molar-refractivity contribution in [3.05, 3.63) is 53.1 Å². The van der Waals surface area contributed by atoms with Crippen molar-refractivity contribution in [1.82, 2.24) is 10.2 Å². The lowest BCUT2D eigenvalue weighted by atomic mass is 10.1. The van der Waals surface area contributed by atoms with Gasteiger partial charge >= 0.3 is 0 Å². The molecular formula is C20H19ClN4O4S2. The summed E-state index contributed by atoms with van der Waals surface area (Å²) in [4.78, 5) is 24.4. The fraction of sp³-hybridized carbons (Fsp3) is 0.200. The van der Waals surface area contributed by atoms with Crippen molar-refractivity contribution in [3.8, 4) is 11.5 Å². The standard InChI is InChI=1S/C20H19ClN4O4S2/c1-28-15-7-6-12(8-16(15)29-2)9-17(26)23-19-24-25-20(31-19)30-11-18(27)22-14-5-3-4-13(21)10-14/h3-8,10H,9,11H2,1-2H3,(H,22,27)(H,23,24,26). The molecule has 1 aromatic heterocycles. The minimum Gasteiger partial charge on any atom is -0.493 e. The zero-order valence-electron chi connectivity index (χ0n) is 16.7. The molecule has 0 aliphatic rings. The van der Waals surface area contributed by atoms with Crippen molar-refractivity contribution >= 4 is 57.3 Å². The van der Waals surface area contributed by atoms with Gasteiger partial charge in [0.1, 0.15) is 0 Å². The number of rotatable bonds is 9. The molecule has 11 heteroatoms. The predicted molar refractivity (Wildman–Crippen MR) is 123 cm³/mol. The number of ether oxygens (including phenoxy) is 2. The number of carbonyl (C=O) groups excluding carboxylic acids is 2. The van der Waals surface area contributed by atoms with Gasteiger partial charge in [-0.05, 0) is 35.9 Å². The van der Waals surface area contributed by atoms with Crippen molar-refractivity contribution in [2.45, 2.75) is 10.8 Å². The van der Waals surface area contributed by atoms with Gasteiger partial charge in [0, 0.05) is 10.7 Å². The molecule has 162 valence electrons. The van der Waals surface area contributed by atoms with Crippen LogP contribution in [-0.2, 0) is 16.0 Å². The highest BCUT2D eigenvalue weighted by Crippen LogP contribution is 2.28. The maximum absolute atomic E-state index is 12.3. The summed E-state index contributed by atoms with van der Waals surface area (Å²) >= 11 is 8.34. The van der Waals surface area contributed by atoms with Crippen LogP contribution in [0, 0.1) is 0 Å². The first-order valence-corrected chi connectivity index (χ1v) is 11.2. The molecule has 0 saturated heterocycles. The van der Waals surface area contributed by atoms with E-state index >= 15 is 0 Å². The summed E-state index contributed by atoms with van der Waals surface area (Å²) in [5.41, 5.74) is 1.39. The number of anilines is 2. The van der Waals surface area contributed by atoms with Crippen molar-refractivity contribution in [1.29, 1.82) is 0 Å². The fourth-order valence-electron chi connectivity index (χ4n) is 2.55. The topological polar surface area (TPSA) is 102 Å². The number of hydrogen-bond donors (Lipinski definition) is 2. The molecule has 3 rings (SSSR count). The summed E-state index contributed by atoms with van der Waals surface area (Å²) in [7, 11) is 3.09.